The van der Waals surface area contributed by atoms with E-state index >= 15 is 0 Å². The lowest BCUT2D eigenvalue weighted by atomic mass is 9.97. The van der Waals surface area contributed by atoms with Crippen molar-refractivity contribution in [3.63, 3.8) is 0 Å². The fourth-order valence-corrected chi connectivity index (χ4v) is 1.59. The van der Waals surface area contributed by atoms with Crippen LogP contribution in [0.5, 0.6) is 0 Å². The first-order chi connectivity index (χ1) is 8.63. The van der Waals surface area contributed by atoms with E-state index < -0.39 is 0 Å². The molecule has 2 N–H and O–H groups in total. The summed E-state index contributed by atoms with van der Waals surface area (Å²) >= 11 is 0. The van der Waals surface area contributed by atoms with Gasteiger partial charge in [0.2, 0.25) is 5.91 Å². The monoisotopic (exact) mass is 246 g/mol. The summed E-state index contributed by atoms with van der Waals surface area (Å²) in [6.45, 7) is 2.52. The van der Waals surface area contributed by atoms with E-state index in [9.17, 15) is 4.79 Å². The van der Waals surface area contributed by atoms with Crippen molar-refractivity contribution in [1.29, 1.82) is 5.26 Å². The number of hydrogen-bond acceptors (Lipinski definition) is 3. The Morgan fingerprint density at radius 1 is 1.44 bits per heavy atom. The fraction of sp³-hybridized carbons (Fsp3) is 0.429. The van der Waals surface area contributed by atoms with Crippen LogP contribution in [0, 0.1) is 23.2 Å². The maximum atomic E-state index is 10.9. The zero-order valence-corrected chi connectivity index (χ0v) is 10.5. The van der Waals surface area contributed by atoms with E-state index in [1.54, 1.807) is 6.92 Å². The molecule has 1 rings (SSSR count). The minimum atomic E-state index is -0.377. The molecule has 0 radical (unpaired) electrons. The molecule has 0 aliphatic heterocycles. The highest BCUT2D eigenvalue weighted by atomic mass is 16.5. The van der Waals surface area contributed by atoms with E-state index in [1.807, 2.05) is 30.3 Å². The molecule has 0 aliphatic rings. The molecule has 0 fully saturated rings. The van der Waals surface area contributed by atoms with Crippen molar-refractivity contribution in [2.45, 2.75) is 20.0 Å². The lowest BCUT2D eigenvalue weighted by molar-refractivity contribution is -0.121. The Kier molecular flexibility index (Phi) is 5.89. The van der Waals surface area contributed by atoms with Gasteiger partial charge in [-0.1, -0.05) is 37.3 Å². The summed E-state index contributed by atoms with van der Waals surface area (Å²) in [5.74, 6) is -0.968. The van der Waals surface area contributed by atoms with E-state index in [0.29, 0.717) is 19.6 Å². The number of nitriles is 1. The summed E-state index contributed by atoms with van der Waals surface area (Å²) in [6.07, 6.45) is 0.445. The molecule has 4 heteroatoms. The smallest absolute Gasteiger partial charge is 0.220 e. The van der Waals surface area contributed by atoms with E-state index in [0.717, 1.165) is 5.56 Å². The van der Waals surface area contributed by atoms with Gasteiger partial charge in [0.25, 0.3) is 0 Å². The predicted octanol–water partition coefficient (Wildman–Crippen LogP) is 1.85. The SMILES string of the molecule is CC(CC(C#N)COCc1ccccc1)C(N)=O. The van der Waals surface area contributed by atoms with Crippen molar-refractivity contribution < 1.29 is 9.53 Å². The number of carbonyl (C=O) groups excluding carboxylic acids is 1. The minimum Gasteiger partial charge on any atom is -0.375 e. The van der Waals surface area contributed by atoms with E-state index in [1.165, 1.54) is 0 Å². The van der Waals surface area contributed by atoms with Gasteiger partial charge in [0.1, 0.15) is 0 Å². The lowest BCUT2D eigenvalue weighted by Crippen LogP contribution is -2.24. The molecule has 1 aromatic carbocycles. The van der Waals surface area contributed by atoms with Gasteiger partial charge in [-0.15, -0.1) is 0 Å². The number of hydrogen-bond donors (Lipinski definition) is 1. The van der Waals surface area contributed by atoms with Gasteiger partial charge < -0.3 is 10.5 Å². The third-order valence-electron chi connectivity index (χ3n) is 2.74. The second kappa shape index (κ2) is 7.46. The molecule has 2 atom stereocenters. The van der Waals surface area contributed by atoms with Crippen LogP contribution < -0.4 is 5.73 Å². The van der Waals surface area contributed by atoms with Gasteiger partial charge >= 0.3 is 0 Å². The molecule has 96 valence electrons. The zero-order valence-electron chi connectivity index (χ0n) is 10.5. The van der Waals surface area contributed by atoms with Gasteiger partial charge in [0.05, 0.1) is 25.2 Å². The minimum absolute atomic E-state index is 0.295. The number of amides is 1. The molecule has 0 aliphatic carbocycles. The second-order valence-corrected chi connectivity index (χ2v) is 4.37. The van der Waals surface area contributed by atoms with Crippen molar-refractivity contribution in [2.24, 2.45) is 17.6 Å². The Morgan fingerprint density at radius 3 is 2.67 bits per heavy atom. The Hall–Kier alpha value is -1.86. The Balaban J connectivity index is 2.32. The maximum Gasteiger partial charge on any atom is 0.220 e. The summed E-state index contributed by atoms with van der Waals surface area (Å²) in [5, 5.41) is 8.97. The van der Waals surface area contributed by atoms with Gasteiger partial charge in [0, 0.05) is 5.92 Å². The van der Waals surface area contributed by atoms with Crippen molar-refractivity contribution >= 4 is 5.91 Å². The van der Waals surface area contributed by atoms with Gasteiger partial charge in [-0.05, 0) is 12.0 Å². The third kappa shape index (κ3) is 4.98. The molecular weight excluding hydrogens is 228 g/mol. The normalized spacial score (nSPS) is 13.6. The molecule has 0 heterocycles. The number of nitrogens with two attached hydrogens (primary N) is 1. The summed E-state index contributed by atoms with van der Waals surface area (Å²) in [4.78, 5) is 10.9. The number of rotatable bonds is 7. The van der Waals surface area contributed by atoms with E-state index in [4.69, 9.17) is 15.7 Å². The Bertz CT molecular complexity index is 412. The van der Waals surface area contributed by atoms with Crippen molar-refractivity contribution in [2.75, 3.05) is 6.61 Å². The van der Waals surface area contributed by atoms with Gasteiger partial charge in [0.15, 0.2) is 0 Å². The topological polar surface area (TPSA) is 76.1 Å². The summed E-state index contributed by atoms with van der Waals surface area (Å²) in [5.41, 5.74) is 6.24. The van der Waals surface area contributed by atoms with Crippen LogP contribution in [0.25, 0.3) is 0 Å². The van der Waals surface area contributed by atoms with Crippen molar-refractivity contribution in [3.05, 3.63) is 35.9 Å². The Labute approximate surface area is 107 Å². The first-order valence-corrected chi connectivity index (χ1v) is 5.94. The van der Waals surface area contributed by atoms with Crippen LogP contribution in [0.15, 0.2) is 30.3 Å². The predicted molar refractivity (Wildman–Crippen MR) is 68.2 cm³/mol. The molecule has 0 bridgehead atoms. The van der Waals surface area contributed by atoms with Gasteiger partial charge in [-0.3, -0.25) is 4.79 Å². The van der Waals surface area contributed by atoms with E-state index in [2.05, 4.69) is 6.07 Å². The summed E-state index contributed by atoms with van der Waals surface area (Å²) in [7, 11) is 0. The average molecular weight is 246 g/mol. The van der Waals surface area contributed by atoms with E-state index in [-0.39, 0.29) is 17.7 Å². The van der Waals surface area contributed by atoms with Gasteiger partial charge in [-0.25, -0.2) is 0 Å². The van der Waals surface area contributed by atoms with Crippen LogP contribution in [-0.2, 0) is 16.1 Å². The number of ether oxygens (including phenoxy) is 1. The molecule has 2 unspecified atom stereocenters. The van der Waals surface area contributed by atoms with Crippen LogP contribution in [0.3, 0.4) is 0 Å². The molecule has 18 heavy (non-hydrogen) atoms. The third-order valence-corrected chi connectivity index (χ3v) is 2.74. The van der Waals surface area contributed by atoms with Crippen LogP contribution in [0.4, 0.5) is 0 Å². The Morgan fingerprint density at radius 2 is 2.11 bits per heavy atom. The molecule has 1 amide bonds. The highest BCUT2D eigenvalue weighted by Gasteiger charge is 2.16. The zero-order chi connectivity index (χ0) is 13.4. The van der Waals surface area contributed by atoms with Crippen LogP contribution in [0.1, 0.15) is 18.9 Å². The average Bonchev–Trinajstić information content (AvgIpc) is 2.38. The highest BCUT2D eigenvalue weighted by molar-refractivity contribution is 5.76. The fourth-order valence-electron chi connectivity index (χ4n) is 1.59. The van der Waals surface area contributed by atoms with Gasteiger partial charge in [-0.2, -0.15) is 5.26 Å². The number of primary amides is 1. The first-order valence-electron chi connectivity index (χ1n) is 5.94. The van der Waals surface area contributed by atoms with Crippen LogP contribution in [0.2, 0.25) is 0 Å². The largest absolute Gasteiger partial charge is 0.375 e. The number of carbonyl (C=O) groups is 1. The standard InChI is InChI=1S/C14H18N2O2/c1-11(14(16)17)7-13(8-15)10-18-9-12-5-3-2-4-6-12/h2-6,11,13H,7,9-10H2,1H3,(H2,16,17). The first kappa shape index (κ1) is 14.2. The van der Waals surface area contributed by atoms with Crippen molar-refractivity contribution in [1.82, 2.24) is 0 Å². The maximum absolute atomic E-state index is 10.9. The van der Waals surface area contributed by atoms with Crippen LogP contribution >= 0.6 is 0 Å². The van der Waals surface area contributed by atoms with Crippen LogP contribution in [-0.4, -0.2) is 12.5 Å². The molecule has 1 aromatic rings. The van der Waals surface area contributed by atoms with Crippen molar-refractivity contribution in [3.8, 4) is 6.07 Å². The molecule has 0 saturated carbocycles. The molecular formula is C14H18N2O2. The number of benzene rings is 1. The second-order valence-electron chi connectivity index (χ2n) is 4.37. The molecule has 0 aromatic heterocycles. The summed E-state index contributed by atoms with van der Waals surface area (Å²) < 4.78 is 5.48. The lowest BCUT2D eigenvalue weighted by Gasteiger charge is -2.13. The quantitative estimate of drug-likeness (QED) is 0.797. The molecule has 0 spiro atoms. The highest BCUT2D eigenvalue weighted by Crippen LogP contribution is 2.12. The summed E-state index contributed by atoms with van der Waals surface area (Å²) in [6, 6.07) is 11.9. The number of nitrogens with zero attached hydrogens (tertiary/aromatic N) is 1. The molecule has 0 saturated heterocycles. The molecule has 4 nitrogen and oxygen atoms in total.